The molecule has 100 valence electrons. The zero-order valence-corrected chi connectivity index (χ0v) is 12.2. The molecule has 18 heavy (non-hydrogen) atoms. The molecule has 0 saturated heterocycles. The summed E-state index contributed by atoms with van der Waals surface area (Å²) in [5.74, 6) is 1.02. The van der Waals surface area contributed by atoms with Crippen LogP contribution >= 0.6 is 0 Å². The van der Waals surface area contributed by atoms with Crippen LogP contribution in [-0.2, 0) is 11.0 Å². The second kappa shape index (κ2) is 5.10. The van der Waals surface area contributed by atoms with Gasteiger partial charge >= 0.3 is 0 Å². The number of aromatic nitrogens is 1. The summed E-state index contributed by atoms with van der Waals surface area (Å²) in [5, 5.41) is 5.53. The zero-order chi connectivity index (χ0) is 13.3. The van der Waals surface area contributed by atoms with Crippen LogP contribution in [0.3, 0.4) is 0 Å². The third-order valence-electron chi connectivity index (χ3n) is 3.72. The minimum atomic E-state index is -1.29. The molecule has 4 heteroatoms. The van der Waals surface area contributed by atoms with Crippen molar-refractivity contribution in [1.82, 2.24) is 4.98 Å². The Morgan fingerprint density at radius 1 is 1.50 bits per heavy atom. The van der Waals surface area contributed by atoms with Crippen LogP contribution in [-0.4, -0.2) is 13.9 Å². The first-order valence-corrected chi connectivity index (χ1v) is 7.73. The number of nitrogens with zero attached hydrogens (tertiary/aromatic N) is 1. The number of hydrogen-bond acceptors (Lipinski definition) is 2. The van der Waals surface area contributed by atoms with E-state index >= 15 is 0 Å². The highest BCUT2D eigenvalue weighted by Crippen LogP contribution is 2.39. The topological polar surface area (TPSA) is 56.0 Å². The molecule has 2 N–H and O–H groups in total. The highest BCUT2D eigenvalue weighted by atomic mass is 32.2. The van der Waals surface area contributed by atoms with Crippen molar-refractivity contribution in [3.05, 3.63) is 29.6 Å². The van der Waals surface area contributed by atoms with Gasteiger partial charge in [0.2, 0.25) is 0 Å². The minimum Gasteiger partial charge on any atom is -0.261 e. The van der Waals surface area contributed by atoms with Gasteiger partial charge in [-0.05, 0) is 50.7 Å². The Morgan fingerprint density at radius 3 is 2.61 bits per heavy atom. The molecule has 1 aromatic heterocycles. The van der Waals surface area contributed by atoms with Crippen LogP contribution < -0.4 is 5.14 Å². The second-order valence-electron chi connectivity index (χ2n) is 5.95. The Labute approximate surface area is 112 Å². The molecular weight excluding hydrogens is 244 g/mol. The van der Waals surface area contributed by atoms with Gasteiger partial charge in [-0.25, -0.2) is 4.21 Å². The van der Waals surface area contributed by atoms with Crippen LogP contribution in [0.15, 0.2) is 18.3 Å². The van der Waals surface area contributed by atoms with Gasteiger partial charge in [-0.2, -0.15) is 0 Å². The molecule has 2 atom stereocenters. The summed E-state index contributed by atoms with van der Waals surface area (Å²) >= 11 is 0. The van der Waals surface area contributed by atoms with E-state index in [4.69, 9.17) is 5.14 Å². The van der Waals surface area contributed by atoms with Crippen LogP contribution in [0.2, 0.25) is 0 Å². The van der Waals surface area contributed by atoms with E-state index in [1.807, 2.05) is 20.0 Å². The predicted octanol–water partition coefficient (Wildman–Crippen LogP) is 2.85. The molecule has 1 aliphatic carbocycles. The first-order valence-electron chi connectivity index (χ1n) is 6.52. The van der Waals surface area contributed by atoms with Crippen molar-refractivity contribution in [3.63, 3.8) is 0 Å². The molecule has 1 saturated carbocycles. The Hall–Kier alpha value is -0.740. The van der Waals surface area contributed by atoms with Crippen molar-refractivity contribution in [1.29, 1.82) is 0 Å². The Bertz CT molecular complexity index is 438. The van der Waals surface area contributed by atoms with Crippen LogP contribution in [0.4, 0.5) is 0 Å². The maximum absolute atomic E-state index is 11.5. The van der Waals surface area contributed by atoms with Crippen molar-refractivity contribution < 1.29 is 4.21 Å². The number of rotatable bonds is 5. The summed E-state index contributed by atoms with van der Waals surface area (Å²) in [7, 11) is -1.29. The molecule has 1 fully saturated rings. The van der Waals surface area contributed by atoms with Crippen LogP contribution in [0.25, 0.3) is 0 Å². The average Bonchev–Trinajstić information content (AvgIpc) is 3.12. The fourth-order valence-corrected chi connectivity index (χ4v) is 2.68. The van der Waals surface area contributed by atoms with Gasteiger partial charge in [0.25, 0.3) is 0 Å². The third-order valence-corrected chi connectivity index (χ3v) is 4.97. The zero-order valence-electron chi connectivity index (χ0n) is 11.3. The molecule has 1 unspecified atom stereocenters. The summed E-state index contributed by atoms with van der Waals surface area (Å²) in [6.07, 6.45) is 5.33. The van der Waals surface area contributed by atoms with Gasteiger partial charge in [-0.15, -0.1) is 0 Å². The lowest BCUT2D eigenvalue weighted by Crippen LogP contribution is -2.33. The molecule has 0 aromatic carbocycles. The lowest BCUT2D eigenvalue weighted by Gasteiger charge is -2.25. The van der Waals surface area contributed by atoms with Gasteiger partial charge in [0.1, 0.15) is 0 Å². The number of nitrogens with two attached hydrogens (primary N) is 1. The van der Waals surface area contributed by atoms with Crippen LogP contribution in [0.1, 0.15) is 63.1 Å². The Balaban J connectivity index is 2.04. The van der Waals surface area contributed by atoms with E-state index in [0.29, 0.717) is 11.8 Å². The SMILES string of the molecule is C[C@@H](CC(C)(C)S(N)=O)c1ccc(C2CC2)nc1. The molecule has 1 aliphatic rings. The smallest absolute Gasteiger partial charge is 0.0945 e. The molecule has 0 amide bonds. The summed E-state index contributed by atoms with van der Waals surface area (Å²) in [5.41, 5.74) is 2.42. The molecular formula is C14H22N2OS. The van der Waals surface area contributed by atoms with E-state index < -0.39 is 11.0 Å². The highest BCUT2D eigenvalue weighted by Gasteiger charge is 2.28. The van der Waals surface area contributed by atoms with E-state index in [1.54, 1.807) is 0 Å². The molecule has 0 aliphatic heterocycles. The molecule has 1 heterocycles. The normalized spacial score (nSPS) is 19.6. The largest absolute Gasteiger partial charge is 0.261 e. The van der Waals surface area contributed by atoms with E-state index in [-0.39, 0.29) is 4.75 Å². The summed E-state index contributed by atoms with van der Waals surface area (Å²) in [6, 6.07) is 4.29. The third kappa shape index (κ3) is 3.18. The van der Waals surface area contributed by atoms with E-state index in [1.165, 1.54) is 24.1 Å². The quantitative estimate of drug-likeness (QED) is 0.891. The number of hydrogen-bond donors (Lipinski definition) is 1. The average molecular weight is 266 g/mol. The van der Waals surface area contributed by atoms with Crippen LogP contribution in [0, 0.1) is 0 Å². The van der Waals surface area contributed by atoms with Crippen molar-refractivity contribution in [3.8, 4) is 0 Å². The highest BCUT2D eigenvalue weighted by molar-refractivity contribution is 7.84. The number of pyridine rings is 1. The Morgan fingerprint density at radius 2 is 2.17 bits per heavy atom. The van der Waals surface area contributed by atoms with Gasteiger partial charge < -0.3 is 0 Å². The van der Waals surface area contributed by atoms with Gasteiger partial charge in [-0.3, -0.25) is 10.1 Å². The van der Waals surface area contributed by atoms with E-state index in [0.717, 1.165) is 6.42 Å². The standard InChI is InChI=1S/C14H22N2OS/c1-10(8-14(2,3)18(15)17)12-6-7-13(16-9-12)11-4-5-11/h6-7,9-11H,4-5,8,15H2,1-3H3/t10-,18?/m0/s1. The molecule has 2 rings (SSSR count). The summed E-state index contributed by atoms with van der Waals surface area (Å²) in [4.78, 5) is 4.53. The second-order valence-corrected chi connectivity index (χ2v) is 7.65. The van der Waals surface area contributed by atoms with Crippen molar-refractivity contribution >= 4 is 11.0 Å². The molecule has 0 bridgehead atoms. The first-order chi connectivity index (χ1) is 8.40. The maximum atomic E-state index is 11.5. The van der Waals surface area contributed by atoms with Gasteiger partial charge in [0.05, 0.1) is 15.7 Å². The molecule has 1 aromatic rings. The van der Waals surface area contributed by atoms with Gasteiger partial charge in [0, 0.05) is 17.8 Å². The summed E-state index contributed by atoms with van der Waals surface area (Å²) < 4.78 is 11.1. The molecule has 0 radical (unpaired) electrons. The van der Waals surface area contributed by atoms with E-state index in [9.17, 15) is 4.21 Å². The lowest BCUT2D eigenvalue weighted by atomic mass is 9.92. The first kappa shape index (κ1) is 13.7. The van der Waals surface area contributed by atoms with Gasteiger partial charge in [0.15, 0.2) is 0 Å². The lowest BCUT2D eigenvalue weighted by molar-refractivity contribution is 0.539. The fraction of sp³-hybridized carbons (Fsp3) is 0.643. The Kier molecular flexibility index (Phi) is 3.87. The fourth-order valence-electron chi connectivity index (χ4n) is 2.27. The molecule has 3 nitrogen and oxygen atoms in total. The van der Waals surface area contributed by atoms with Crippen molar-refractivity contribution in [2.75, 3.05) is 0 Å². The predicted molar refractivity (Wildman–Crippen MR) is 75.7 cm³/mol. The molecule has 0 spiro atoms. The maximum Gasteiger partial charge on any atom is 0.0945 e. The van der Waals surface area contributed by atoms with Crippen LogP contribution in [0.5, 0.6) is 0 Å². The van der Waals surface area contributed by atoms with Gasteiger partial charge in [-0.1, -0.05) is 13.0 Å². The van der Waals surface area contributed by atoms with Crippen molar-refractivity contribution in [2.45, 2.75) is 56.6 Å². The van der Waals surface area contributed by atoms with Crippen molar-refractivity contribution in [2.24, 2.45) is 5.14 Å². The summed E-state index contributed by atoms with van der Waals surface area (Å²) in [6.45, 7) is 6.04. The minimum absolute atomic E-state index is 0.327. The van der Waals surface area contributed by atoms with E-state index in [2.05, 4.69) is 24.0 Å². The monoisotopic (exact) mass is 266 g/mol.